The molecule has 0 bridgehead atoms. The average molecular weight is 262 g/mol. The molecule has 0 heterocycles. The maximum atomic E-state index is 12.2. The summed E-state index contributed by atoms with van der Waals surface area (Å²) in [7, 11) is 0. The van der Waals surface area contributed by atoms with Gasteiger partial charge < -0.3 is 15.3 Å². The number of aliphatic hydroxyl groups excluding tert-OH is 1. The van der Waals surface area contributed by atoms with E-state index in [1.54, 1.807) is 0 Å². The summed E-state index contributed by atoms with van der Waals surface area (Å²) >= 11 is 0. The number of carbonyl (C=O) groups is 1. The maximum absolute atomic E-state index is 12.2. The van der Waals surface area contributed by atoms with Gasteiger partial charge >= 0.3 is 0 Å². The van der Waals surface area contributed by atoms with Gasteiger partial charge in [-0.2, -0.15) is 0 Å². The lowest BCUT2D eigenvalue weighted by atomic mass is 10.2. The van der Waals surface area contributed by atoms with Crippen molar-refractivity contribution in [2.75, 3.05) is 25.0 Å². The summed E-state index contributed by atoms with van der Waals surface area (Å²) in [4.78, 5) is 14.1. The number of para-hydroxylation sites is 1. The summed E-state index contributed by atoms with van der Waals surface area (Å²) in [6, 6.07) is 10.0. The molecule has 0 radical (unpaired) electrons. The standard InChI is InChI=1S/C15H22N2O2/c18-11-10-17(14-8-4-5-9-14)15(19)12-16-13-6-2-1-3-7-13/h1-3,6-7,14,16,18H,4-5,8-12H2. The molecule has 1 aliphatic rings. The molecular weight excluding hydrogens is 240 g/mol. The molecule has 1 saturated carbocycles. The van der Waals surface area contributed by atoms with Crippen LogP contribution in [0.1, 0.15) is 25.7 Å². The van der Waals surface area contributed by atoms with E-state index >= 15 is 0 Å². The first-order valence-corrected chi connectivity index (χ1v) is 7.00. The molecule has 0 aromatic heterocycles. The summed E-state index contributed by atoms with van der Waals surface area (Å²) in [5.74, 6) is 0.0739. The topological polar surface area (TPSA) is 52.6 Å². The number of nitrogens with zero attached hydrogens (tertiary/aromatic N) is 1. The molecule has 4 heteroatoms. The van der Waals surface area contributed by atoms with Crippen molar-refractivity contribution in [3.05, 3.63) is 30.3 Å². The van der Waals surface area contributed by atoms with Crippen LogP contribution in [-0.2, 0) is 4.79 Å². The van der Waals surface area contributed by atoms with Crippen LogP contribution in [0.2, 0.25) is 0 Å². The SMILES string of the molecule is O=C(CNc1ccccc1)N(CCO)C1CCCC1. The predicted molar refractivity (Wildman–Crippen MR) is 76.0 cm³/mol. The second-order valence-corrected chi connectivity index (χ2v) is 4.97. The minimum atomic E-state index is 0.0353. The lowest BCUT2D eigenvalue weighted by Crippen LogP contribution is -2.43. The van der Waals surface area contributed by atoms with Gasteiger partial charge in [-0.3, -0.25) is 4.79 Å². The number of anilines is 1. The number of hydrogen-bond acceptors (Lipinski definition) is 3. The summed E-state index contributed by atoms with van der Waals surface area (Å²) in [6.07, 6.45) is 4.51. The van der Waals surface area contributed by atoms with E-state index in [1.165, 1.54) is 12.8 Å². The van der Waals surface area contributed by atoms with Crippen LogP contribution in [0.4, 0.5) is 5.69 Å². The fraction of sp³-hybridized carbons (Fsp3) is 0.533. The van der Waals surface area contributed by atoms with E-state index in [0.717, 1.165) is 18.5 Å². The molecule has 0 unspecified atom stereocenters. The van der Waals surface area contributed by atoms with E-state index < -0.39 is 0 Å². The van der Waals surface area contributed by atoms with Crippen LogP contribution < -0.4 is 5.32 Å². The number of hydrogen-bond donors (Lipinski definition) is 2. The lowest BCUT2D eigenvalue weighted by molar-refractivity contribution is -0.132. The zero-order chi connectivity index (χ0) is 13.5. The van der Waals surface area contributed by atoms with E-state index in [0.29, 0.717) is 19.1 Å². The van der Waals surface area contributed by atoms with Crippen molar-refractivity contribution in [1.29, 1.82) is 0 Å². The molecule has 1 amide bonds. The van der Waals surface area contributed by atoms with Crippen molar-refractivity contribution in [3.63, 3.8) is 0 Å². The molecular formula is C15H22N2O2. The first kappa shape index (κ1) is 13.9. The second-order valence-electron chi connectivity index (χ2n) is 4.97. The number of rotatable bonds is 6. The molecule has 0 saturated heterocycles. The third-order valence-corrected chi connectivity index (χ3v) is 3.64. The Kier molecular flexibility index (Phi) is 5.21. The van der Waals surface area contributed by atoms with Crippen LogP contribution in [0.25, 0.3) is 0 Å². The molecule has 2 N–H and O–H groups in total. The number of nitrogens with one attached hydrogen (secondary N) is 1. The summed E-state index contributed by atoms with van der Waals surface area (Å²) in [6.45, 7) is 0.772. The van der Waals surface area contributed by atoms with Crippen molar-refractivity contribution < 1.29 is 9.90 Å². The van der Waals surface area contributed by atoms with Crippen molar-refractivity contribution in [1.82, 2.24) is 4.90 Å². The molecule has 19 heavy (non-hydrogen) atoms. The maximum Gasteiger partial charge on any atom is 0.242 e. The molecule has 1 aromatic rings. The predicted octanol–water partition coefficient (Wildman–Crippen LogP) is 1.86. The van der Waals surface area contributed by atoms with Gasteiger partial charge in [-0.1, -0.05) is 31.0 Å². The smallest absolute Gasteiger partial charge is 0.242 e. The fourth-order valence-electron chi connectivity index (χ4n) is 2.67. The fourth-order valence-corrected chi connectivity index (χ4v) is 2.67. The molecule has 1 aromatic carbocycles. The van der Waals surface area contributed by atoms with Crippen molar-refractivity contribution >= 4 is 11.6 Å². The van der Waals surface area contributed by atoms with E-state index in [2.05, 4.69) is 5.32 Å². The van der Waals surface area contributed by atoms with E-state index in [4.69, 9.17) is 5.11 Å². The van der Waals surface area contributed by atoms with Crippen molar-refractivity contribution in [2.45, 2.75) is 31.7 Å². The summed E-state index contributed by atoms with van der Waals surface area (Å²) < 4.78 is 0. The van der Waals surface area contributed by atoms with Crippen LogP contribution >= 0.6 is 0 Å². The molecule has 4 nitrogen and oxygen atoms in total. The van der Waals surface area contributed by atoms with Crippen LogP contribution in [-0.4, -0.2) is 41.7 Å². The highest BCUT2D eigenvalue weighted by molar-refractivity contribution is 5.81. The van der Waals surface area contributed by atoms with Gasteiger partial charge in [0.2, 0.25) is 5.91 Å². The van der Waals surface area contributed by atoms with Crippen molar-refractivity contribution in [2.24, 2.45) is 0 Å². The summed E-state index contributed by atoms with van der Waals surface area (Å²) in [5, 5.41) is 12.3. The number of amides is 1. The number of benzene rings is 1. The second kappa shape index (κ2) is 7.14. The zero-order valence-electron chi connectivity index (χ0n) is 11.2. The Balaban J connectivity index is 1.88. The minimum Gasteiger partial charge on any atom is -0.395 e. The Hall–Kier alpha value is -1.55. The van der Waals surface area contributed by atoms with E-state index in [1.807, 2.05) is 35.2 Å². The highest BCUT2D eigenvalue weighted by Gasteiger charge is 2.25. The highest BCUT2D eigenvalue weighted by Crippen LogP contribution is 2.23. The van der Waals surface area contributed by atoms with E-state index in [9.17, 15) is 4.79 Å². The number of carbonyl (C=O) groups excluding carboxylic acids is 1. The average Bonchev–Trinajstić information content (AvgIpc) is 2.97. The highest BCUT2D eigenvalue weighted by atomic mass is 16.3. The van der Waals surface area contributed by atoms with Gasteiger partial charge in [0, 0.05) is 18.3 Å². The Labute approximate surface area is 114 Å². The Bertz CT molecular complexity index is 388. The third kappa shape index (κ3) is 3.96. The molecule has 1 fully saturated rings. The summed E-state index contributed by atoms with van der Waals surface area (Å²) in [5.41, 5.74) is 0.950. The van der Waals surface area contributed by atoms with Crippen molar-refractivity contribution in [3.8, 4) is 0 Å². The van der Waals surface area contributed by atoms with Gasteiger partial charge in [-0.25, -0.2) is 0 Å². The molecule has 1 aliphatic carbocycles. The Morgan fingerprint density at radius 3 is 2.58 bits per heavy atom. The molecule has 0 spiro atoms. The van der Waals surface area contributed by atoms with Gasteiger partial charge in [0.05, 0.1) is 13.2 Å². The minimum absolute atomic E-state index is 0.0353. The molecule has 0 aliphatic heterocycles. The monoisotopic (exact) mass is 262 g/mol. The van der Waals surface area contributed by atoms with Gasteiger partial charge in [0.1, 0.15) is 0 Å². The van der Waals surface area contributed by atoms with Crippen LogP contribution in [0.5, 0.6) is 0 Å². The van der Waals surface area contributed by atoms with Crippen LogP contribution in [0.15, 0.2) is 30.3 Å². The van der Waals surface area contributed by atoms with Gasteiger partial charge in [0.25, 0.3) is 0 Å². The third-order valence-electron chi connectivity index (χ3n) is 3.64. The molecule has 104 valence electrons. The first-order valence-electron chi connectivity index (χ1n) is 7.00. The van der Waals surface area contributed by atoms with Crippen LogP contribution in [0, 0.1) is 0 Å². The Morgan fingerprint density at radius 2 is 1.95 bits per heavy atom. The first-order chi connectivity index (χ1) is 9.31. The van der Waals surface area contributed by atoms with Crippen LogP contribution in [0.3, 0.4) is 0 Å². The zero-order valence-corrected chi connectivity index (χ0v) is 11.2. The normalized spacial score (nSPS) is 15.4. The largest absolute Gasteiger partial charge is 0.395 e. The Morgan fingerprint density at radius 1 is 1.26 bits per heavy atom. The van der Waals surface area contributed by atoms with E-state index in [-0.39, 0.29) is 12.5 Å². The number of aliphatic hydroxyl groups is 1. The lowest BCUT2D eigenvalue weighted by Gasteiger charge is -2.28. The quantitative estimate of drug-likeness (QED) is 0.823. The van der Waals surface area contributed by atoms with Gasteiger partial charge in [0.15, 0.2) is 0 Å². The van der Waals surface area contributed by atoms with Gasteiger partial charge in [-0.15, -0.1) is 0 Å². The molecule has 0 atom stereocenters. The van der Waals surface area contributed by atoms with Gasteiger partial charge in [-0.05, 0) is 25.0 Å². The molecule has 2 rings (SSSR count).